The van der Waals surface area contributed by atoms with Crippen molar-refractivity contribution in [2.75, 3.05) is 13.1 Å². The minimum atomic E-state index is -0.246. The topological polar surface area (TPSA) is 49.2 Å². The molecular formula is C15H18N2O2. The smallest absolute Gasteiger partial charge is 0.338 e. The molecule has 1 fully saturated rings. The molecule has 0 unspecified atom stereocenters. The second-order valence-electron chi connectivity index (χ2n) is 5.05. The van der Waals surface area contributed by atoms with Crippen LogP contribution in [0.5, 0.6) is 0 Å². The normalized spacial score (nSPS) is 16.6. The summed E-state index contributed by atoms with van der Waals surface area (Å²) in [4.78, 5) is 14.2. The molecule has 1 N–H and O–H groups in total. The Labute approximate surface area is 112 Å². The standard InChI is InChI=1S/C15H18N2O2/c18-15-13(11-17-9-5-2-6-10-17)14(16-19-15)12-7-3-1-4-8-12/h1,3-4,7-8,16H,2,5-6,9-11H2. The van der Waals surface area contributed by atoms with E-state index in [0.29, 0.717) is 6.54 Å². The van der Waals surface area contributed by atoms with Crippen molar-refractivity contribution < 1.29 is 4.52 Å². The molecule has 1 aliphatic rings. The highest BCUT2D eigenvalue weighted by atomic mass is 16.5. The van der Waals surface area contributed by atoms with Gasteiger partial charge in [0.05, 0.1) is 11.3 Å². The van der Waals surface area contributed by atoms with Crippen LogP contribution in [-0.2, 0) is 6.54 Å². The zero-order valence-electron chi connectivity index (χ0n) is 10.9. The molecular weight excluding hydrogens is 240 g/mol. The summed E-state index contributed by atoms with van der Waals surface area (Å²) in [5, 5.41) is 2.77. The molecule has 2 aromatic rings. The van der Waals surface area contributed by atoms with Gasteiger partial charge in [0, 0.05) is 12.1 Å². The SMILES string of the molecule is O=c1o[nH]c(-c2ccccc2)c1CN1CCCCC1. The lowest BCUT2D eigenvalue weighted by atomic mass is 10.1. The summed E-state index contributed by atoms with van der Waals surface area (Å²) < 4.78 is 4.98. The molecule has 100 valence electrons. The number of H-pyrrole nitrogens is 1. The Morgan fingerprint density at radius 3 is 2.58 bits per heavy atom. The Hall–Kier alpha value is -1.81. The van der Waals surface area contributed by atoms with Crippen LogP contribution in [0.15, 0.2) is 39.6 Å². The highest BCUT2D eigenvalue weighted by Gasteiger charge is 2.18. The summed E-state index contributed by atoms with van der Waals surface area (Å²) in [5.41, 5.74) is 2.31. The molecule has 1 saturated heterocycles. The quantitative estimate of drug-likeness (QED) is 0.920. The number of nitrogens with one attached hydrogen (secondary N) is 1. The first kappa shape index (κ1) is 12.2. The van der Waals surface area contributed by atoms with Gasteiger partial charge in [-0.3, -0.25) is 4.90 Å². The van der Waals surface area contributed by atoms with Crippen LogP contribution in [-0.4, -0.2) is 23.1 Å². The van der Waals surface area contributed by atoms with Gasteiger partial charge in [0.1, 0.15) is 0 Å². The first-order valence-electron chi connectivity index (χ1n) is 6.83. The van der Waals surface area contributed by atoms with Crippen molar-refractivity contribution in [2.45, 2.75) is 25.8 Å². The van der Waals surface area contributed by atoms with E-state index in [-0.39, 0.29) is 5.63 Å². The van der Waals surface area contributed by atoms with Crippen molar-refractivity contribution in [1.29, 1.82) is 0 Å². The Bertz CT molecular complexity index is 580. The number of hydrogen-bond donors (Lipinski definition) is 1. The second-order valence-corrected chi connectivity index (χ2v) is 5.05. The van der Waals surface area contributed by atoms with E-state index in [1.807, 2.05) is 30.3 Å². The van der Waals surface area contributed by atoms with E-state index in [9.17, 15) is 4.79 Å². The van der Waals surface area contributed by atoms with E-state index in [1.54, 1.807) is 0 Å². The largest absolute Gasteiger partial charge is 0.362 e. The number of hydrogen-bond acceptors (Lipinski definition) is 3. The fourth-order valence-corrected chi connectivity index (χ4v) is 2.65. The highest BCUT2D eigenvalue weighted by Crippen LogP contribution is 2.21. The van der Waals surface area contributed by atoms with Crippen LogP contribution < -0.4 is 5.63 Å². The predicted molar refractivity (Wildman–Crippen MR) is 73.9 cm³/mol. The summed E-state index contributed by atoms with van der Waals surface area (Å²) in [5.74, 6) is 0. The first-order chi connectivity index (χ1) is 9.34. The molecule has 0 spiro atoms. The Morgan fingerprint density at radius 2 is 1.84 bits per heavy atom. The maximum Gasteiger partial charge on any atom is 0.362 e. The summed E-state index contributed by atoms with van der Waals surface area (Å²) in [6, 6.07) is 9.86. The maximum absolute atomic E-state index is 11.9. The summed E-state index contributed by atoms with van der Waals surface area (Å²) in [6.07, 6.45) is 3.73. The van der Waals surface area contributed by atoms with Crippen LogP contribution >= 0.6 is 0 Å². The van der Waals surface area contributed by atoms with E-state index >= 15 is 0 Å². The Morgan fingerprint density at radius 1 is 1.11 bits per heavy atom. The van der Waals surface area contributed by atoms with E-state index in [4.69, 9.17) is 4.52 Å². The van der Waals surface area contributed by atoms with Crippen LogP contribution in [0.1, 0.15) is 24.8 Å². The third-order valence-electron chi connectivity index (χ3n) is 3.69. The van der Waals surface area contributed by atoms with E-state index in [2.05, 4.69) is 10.1 Å². The molecule has 0 amide bonds. The van der Waals surface area contributed by atoms with Crippen molar-refractivity contribution in [3.63, 3.8) is 0 Å². The maximum atomic E-state index is 11.9. The summed E-state index contributed by atoms with van der Waals surface area (Å²) in [6.45, 7) is 2.81. The van der Waals surface area contributed by atoms with Crippen molar-refractivity contribution in [3.8, 4) is 11.3 Å². The fourth-order valence-electron chi connectivity index (χ4n) is 2.65. The molecule has 0 atom stereocenters. The van der Waals surface area contributed by atoms with E-state index in [0.717, 1.165) is 29.9 Å². The molecule has 19 heavy (non-hydrogen) atoms. The number of nitrogens with zero attached hydrogens (tertiary/aromatic N) is 1. The Balaban J connectivity index is 1.88. The van der Waals surface area contributed by atoms with Gasteiger partial charge in [-0.25, -0.2) is 9.95 Å². The number of aromatic nitrogens is 1. The molecule has 0 aliphatic carbocycles. The third kappa shape index (κ3) is 2.63. The van der Waals surface area contributed by atoms with Gasteiger partial charge in [-0.2, -0.15) is 0 Å². The molecule has 0 bridgehead atoms. The van der Waals surface area contributed by atoms with Crippen LogP contribution in [0, 0.1) is 0 Å². The van der Waals surface area contributed by atoms with Gasteiger partial charge < -0.3 is 4.52 Å². The summed E-state index contributed by atoms with van der Waals surface area (Å²) >= 11 is 0. The van der Waals surface area contributed by atoms with E-state index in [1.165, 1.54) is 19.3 Å². The molecule has 3 rings (SSSR count). The first-order valence-corrected chi connectivity index (χ1v) is 6.83. The van der Waals surface area contributed by atoms with Gasteiger partial charge in [-0.15, -0.1) is 0 Å². The minimum Gasteiger partial charge on any atom is -0.338 e. The van der Waals surface area contributed by atoms with Crippen LogP contribution in [0.25, 0.3) is 11.3 Å². The molecule has 4 nitrogen and oxygen atoms in total. The zero-order chi connectivity index (χ0) is 13.1. The van der Waals surface area contributed by atoms with Crippen LogP contribution in [0.2, 0.25) is 0 Å². The van der Waals surface area contributed by atoms with Gasteiger partial charge in [-0.05, 0) is 25.9 Å². The number of benzene rings is 1. The molecule has 2 heterocycles. The van der Waals surface area contributed by atoms with Gasteiger partial charge in [0.2, 0.25) is 0 Å². The monoisotopic (exact) mass is 258 g/mol. The molecule has 1 aliphatic heterocycles. The average Bonchev–Trinajstić information content (AvgIpc) is 2.82. The van der Waals surface area contributed by atoms with Crippen molar-refractivity contribution in [2.24, 2.45) is 0 Å². The Kier molecular flexibility index (Phi) is 3.51. The van der Waals surface area contributed by atoms with Crippen LogP contribution in [0.4, 0.5) is 0 Å². The predicted octanol–water partition coefficient (Wildman–Crippen LogP) is 2.62. The van der Waals surface area contributed by atoms with Gasteiger partial charge in [0.15, 0.2) is 0 Å². The van der Waals surface area contributed by atoms with Gasteiger partial charge in [0.25, 0.3) is 0 Å². The number of rotatable bonds is 3. The number of aromatic amines is 1. The second kappa shape index (κ2) is 5.45. The highest BCUT2D eigenvalue weighted by molar-refractivity contribution is 5.61. The zero-order valence-corrected chi connectivity index (χ0v) is 10.9. The fraction of sp³-hybridized carbons (Fsp3) is 0.400. The molecule has 0 saturated carbocycles. The average molecular weight is 258 g/mol. The van der Waals surface area contributed by atoms with Crippen molar-refractivity contribution in [1.82, 2.24) is 10.1 Å². The molecule has 1 aromatic carbocycles. The molecule has 0 radical (unpaired) electrons. The van der Waals surface area contributed by atoms with Gasteiger partial charge in [-0.1, -0.05) is 36.8 Å². The van der Waals surface area contributed by atoms with Gasteiger partial charge >= 0.3 is 5.63 Å². The minimum absolute atomic E-state index is 0.246. The van der Waals surface area contributed by atoms with Crippen molar-refractivity contribution in [3.05, 3.63) is 46.3 Å². The molecule has 1 aromatic heterocycles. The van der Waals surface area contributed by atoms with E-state index < -0.39 is 0 Å². The number of likely N-dealkylation sites (tertiary alicyclic amines) is 1. The lowest BCUT2D eigenvalue weighted by Crippen LogP contribution is -2.30. The number of piperidine rings is 1. The third-order valence-corrected chi connectivity index (χ3v) is 3.69. The lowest BCUT2D eigenvalue weighted by Gasteiger charge is -2.25. The van der Waals surface area contributed by atoms with Crippen molar-refractivity contribution >= 4 is 0 Å². The van der Waals surface area contributed by atoms with Crippen LogP contribution in [0.3, 0.4) is 0 Å². The molecule has 4 heteroatoms. The lowest BCUT2D eigenvalue weighted by molar-refractivity contribution is 0.219. The summed E-state index contributed by atoms with van der Waals surface area (Å²) in [7, 11) is 0.